The smallest absolute Gasteiger partial charge is 0.324 e. The van der Waals surface area contributed by atoms with E-state index in [1.54, 1.807) is 0 Å². The lowest BCUT2D eigenvalue weighted by atomic mass is 10.2. The third kappa shape index (κ3) is 2.92. The number of amides is 3. The third-order valence-corrected chi connectivity index (χ3v) is 4.63. The number of hydrogen-bond acceptors (Lipinski definition) is 3. The molecule has 6 heteroatoms. The molecule has 6 nitrogen and oxygen atoms in total. The fraction of sp³-hybridized carbons (Fsp3) is 0.500. The molecule has 1 atom stereocenters. The fourth-order valence-electron chi connectivity index (χ4n) is 3.21. The first-order chi connectivity index (χ1) is 10.7. The second-order valence-electron chi connectivity index (χ2n) is 5.92. The first-order valence-corrected chi connectivity index (χ1v) is 7.90. The Bertz CT molecular complexity index is 540. The molecule has 2 aliphatic rings. The third-order valence-electron chi connectivity index (χ3n) is 4.63. The zero-order chi connectivity index (χ0) is 15.5. The molecular formula is C16H23N4O2+. The Labute approximate surface area is 130 Å². The number of para-hydroxylation sites is 1. The molecule has 22 heavy (non-hydrogen) atoms. The molecule has 0 spiro atoms. The maximum absolute atomic E-state index is 12.4. The lowest BCUT2D eigenvalue weighted by Gasteiger charge is -2.36. The summed E-state index contributed by atoms with van der Waals surface area (Å²) in [5.74, 6) is -0.0573. The normalized spacial score (nSPS) is 20.9. The SMILES string of the molecule is C[C@@H](C(=O)N1CCNC1=O)[NH+]1CCN(c2ccccc2)CC1. The minimum absolute atomic E-state index is 0.0573. The van der Waals surface area contributed by atoms with Gasteiger partial charge in [0.15, 0.2) is 6.04 Å². The lowest BCUT2D eigenvalue weighted by molar-refractivity contribution is -0.915. The maximum Gasteiger partial charge on any atom is 0.324 e. The standard InChI is InChI=1S/C16H22N4O2/c1-13(15(21)20-8-7-17-16(20)22)18-9-11-19(12-10-18)14-5-3-2-4-6-14/h2-6,13H,7-12H2,1H3,(H,17,22)/p+1/t13-/m0/s1. The van der Waals surface area contributed by atoms with Gasteiger partial charge in [0.1, 0.15) is 0 Å². The van der Waals surface area contributed by atoms with Crippen LogP contribution in [-0.4, -0.2) is 62.1 Å². The molecule has 2 saturated heterocycles. The predicted molar refractivity (Wildman–Crippen MR) is 83.9 cm³/mol. The topological polar surface area (TPSA) is 57.1 Å². The van der Waals surface area contributed by atoms with Crippen LogP contribution in [0, 0.1) is 0 Å². The van der Waals surface area contributed by atoms with Crippen LogP contribution in [0.15, 0.2) is 30.3 Å². The van der Waals surface area contributed by atoms with Crippen molar-refractivity contribution in [2.75, 3.05) is 44.2 Å². The van der Waals surface area contributed by atoms with Crippen molar-refractivity contribution in [2.24, 2.45) is 0 Å². The van der Waals surface area contributed by atoms with Crippen molar-refractivity contribution in [3.63, 3.8) is 0 Å². The molecule has 2 aliphatic heterocycles. The van der Waals surface area contributed by atoms with Crippen molar-refractivity contribution >= 4 is 17.6 Å². The zero-order valence-electron chi connectivity index (χ0n) is 12.9. The summed E-state index contributed by atoms with van der Waals surface area (Å²) in [5, 5.41) is 2.69. The van der Waals surface area contributed by atoms with Crippen molar-refractivity contribution < 1.29 is 14.5 Å². The molecule has 0 aromatic heterocycles. The van der Waals surface area contributed by atoms with Crippen molar-refractivity contribution in [1.82, 2.24) is 10.2 Å². The molecule has 0 radical (unpaired) electrons. The summed E-state index contributed by atoms with van der Waals surface area (Å²) in [4.78, 5) is 29.0. The van der Waals surface area contributed by atoms with Crippen molar-refractivity contribution in [3.05, 3.63) is 30.3 Å². The van der Waals surface area contributed by atoms with Crippen LogP contribution in [0.5, 0.6) is 0 Å². The number of quaternary nitrogens is 1. The predicted octanol–water partition coefficient (Wildman–Crippen LogP) is -0.668. The molecule has 2 fully saturated rings. The highest BCUT2D eigenvalue weighted by Gasteiger charge is 2.36. The van der Waals surface area contributed by atoms with Crippen molar-refractivity contribution in [1.29, 1.82) is 0 Å². The van der Waals surface area contributed by atoms with Gasteiger partial charge >= 0.3 is 6.03 Å². The summed E-state index contributed by atoms with van der Waals surface area (Å²) >= 11 is 0. The van der Waals surface area contributed by atoms with Gasteiger partial charge in [-0.3, -0.25) is 9.69 Å². The Balaban J connectivity index is 1.57. The van der Waals surface area contributed by atoms with Gasteiger partial charge in [-0.15, -0.1) is 0 Å². The molecule has 0 saturated carbocycles. The summed E-state index contributed by atoms with van der Waals surface area (Å²) < 4.78 is 0. The average molecular weight is 303 g/mol. The molecule has 0 unspecified atom stereocenters. The number of nitrogens with zero attached hydrogens (tertiary/aromatic N) is 2. The van der Waals surface area contributed by atoms with Gasteiger partial charge in [0.2, 0.25) is 0 Å². The Kier molecular flexibility index (Phi) is 4.29. The molecule has 3 amide bonds. The van der Waals surface area contributed by atoms with E-state index in [2.05, 4.69) is 22.3 Å². The monoisotopic (exact) mass is 303 g/mol. The van der Waals surface area contributed by atoms with Gasteiger partial charge in [0, 0.05) is 18.8 Å². The number of urea groups is 1. The van der Waals surface area contributed by atoms with Gasteiger partial charge in [0.05, 0.1) is 26.2 Å². The van der Waals surface area contributed by atoms with Crippen LogP contribution in [0.4, 0.5) is 10.5 Å². The minimum Gasteiger partial charge on any atom is -0.360 e. The van der Waals surface area contributed by atoms with Crippen LogP contribution in [-0.2, 0) is 4.79 Å². The van der Waals surface area contributed by atoms with Crippen LogP contribution in [0.25, 0.3) is 0 Å². The highest BCUT2D eigenvalue weighted by molar-refractivity contribution is 5.97. The molecule has 0 aliphatic carbocycles. The van der Waals surface area contributed by atoms with E-state index in [-0.39, 0.29) is 18.0 Å². The number of benzene rings is 1. The highest BCUT2D eigenvalue weighted by Crippen LogP contribution is 2.12. The quantitative estimate of drug-likeness (QED) is 0.779. The van der Waals surface area contributed by atoms with E-state index in [9.17, 15) is 9.59 Å². The van der Waals surface area contributed by atoms with E-state index >= 15 is 0 Å². The first-order valence-electron chi connectivity index (χ1n) is 7.90. The molecule has 3 rings (SSSR count). The second-order valence-corrected chi connectivity index (χ2v) is 5.92. The highest BCUT2D eigenvalue weighted by atomic mass is 16.2. The summed E-state index contributed by atoms with van der Waals surface area (Å²) in [5.41, 5.74) is 1.24. The van der Waals surface area contributed by atoms with Crippen LogP contribution in [0.1, 0.15) is 6.92 Å². The summed E-state index contributed by atoms with van der Waals surface area (Å²) in [6.45, 7) is 6.68. The second kappa shape index (κ2) is 6.36. The van der Waals surface area contributed by atoms with Gasteiger partial charge in [-0.05, 0) is 19.1 Å². The van der Waals surface area contributed by atoms with Crippen LogP contribution < -0.4 is 15.1 Å². The Morgan fingerprint density at radius 3 is 2.45 bits per heavy atom. The average Bonchev–Trinajstić information content (AvgIpc) is 3.00. The van der Waals surface area contributed by atoms with Gasteiger partial charge in [0.25, 0.3) is 5.91 Å². The Hall–Kier alpha value is -2.08. The van der Waals surface area contributed by atoms with E-state index in [1.165, 1.54) is 15.5 Å². The molecular weight excluding hydrogens is 280 g/mol. The number of rotatable bonds is 3. The molecule has 2 heterocycles. The Morgan fingerprint density at radius 2 is 1.86 bits per heavy atom. The van der Waals surface area contributed by atoms with E-state index in [0.717, 1.165) is 26.2 Å². The number of piperazine rings is 1. The van der Waals surface area contributed by atoms with Gasteiger partial charge in [-0.1, -0.05) is 18.2 Å². The van der Waals surface area contributed by atoms with Crippen LogP contribution >= 0.6 is 0 Å². The van der Waals surface area contributed by atoms with Crippen LogP contribution in [0.2, 0.25) is 0 Å². The molecule has 1 aromatic rings. The summed E-state index contributed by atoms with van der Waals surface area (Å²) in [7, 11) is 0. The number of nitrogens with one attached hydrogen (secondary N) is 2. The number of hydrogen-bond donors (Lipinski definition) is 2. The number of carbonyl (C=O) groups is 2. The maximum atomic E-state index is 12.4. The van der Waals surface area contributed by atoms with E-state index < -0.39 is 0 Å². The molecule has 1 aromatic carbocycles. The Morgan fingerprint density at radius 1 is 1.18 bits per heavy atom. The molecule has 0 bridgehead atoms. The van der Waals surface area contributed by atoms with Crippen LogP contribution in [0.3, 0.4) is 0 Å². The van der Waals surface area contributed by atoms with E-state index in [1.807, 2.05) is 25.1 Å². The number of anilines is 1. The van der Waals surface area contributed by atoms with E-state index in [0.29, 0.717) is 13.1 Å². The van der Waals surface area contributed by atoms with Gasteiger partial charge in [-0.2, -0.15) is 0 Å². The van der Waals surface area contributed by atoms with Gasteiger partial charge < -0.3 is 15.1 Å². The van der Waals surface area contributed by atoms with Crippen molar-refractivity contribution in [3.8, 4) is 0 Å². The van der Waals surface area contributed by atoms with E-state index in [4.69, 9.17) is 0 Å². The lowest BCUT2D eigenvalue weighted by Crippen LogP contribution is -3.19. The number of imide groups is 1. The zero-order valence-corrected chi connectivity index (χ0v) is 12.9. The summed E-state index contributed by atoms with van der Waals surface area (Å²) in [6, 6.07) is 9.94. The van der Waals surface area contributed by atoms with Gasteiger partial charge in [-0.25, -0.2) is 4.79 Å². The largest absolute Gasteiger partial charge is 0.360 e. The molecule has 2 N–H and O–H groups in total. The first kappa shape index (κ1) is 14.8. The van der Waals surface area contributed by atoms with Crippen molar-refractivity contribution in [2.45, 2.75) is 13.0 Å². The summed E-state index contributed by atoms with van der Waals surface area (Å²) in [6.07, 6.45) is 0. The fourth-order valence-corrected chi connectivity index (χ4v) is 3.21. The number of carbonyl (C=O) groups excluding carboxylic acids is 2. The molecule has 118 valence electrons. The minimum atomic E-state index is -0.251.